The molecule has 1 unspecified atom stereocenters. The third kappa shape index (κ3) is 7.37. The predicted molar refractivity (Wildman–Crippen MR) is 85.5 cm³/mol. The van der Waals surface area contributed by atoms with E-state index < -0.39 is 0 Å². The molecule has 1 heteroatoms. The lowest BCUT2D eigenvalue weighted by atomic mass is 10.00. The van der Waals surface area contributed by atoms with Gasteiger partial charge in [0, 0.05) is 6.04 Å². The van der Waals surface area contributed by atoms with Gasteiger partial charge in [-0.2, -0.15) is 0 Å². The van der Waals surface area contributed by atoms with Gasteiger partial charge in [-0.1, -0.05) is 82.7 Å². The van der Waals surface area contributed by atoms with E-state index in [1.54, 1.807) is 0 Å². The van der Waals surface area contributed by atoms with Crippen LogP contribution < -0.4 is 5.32 Å². The van der Waals surface area contributed by atoms with Crippen molar-refractivity contribution in [2.24, 2.45) is 0 Å². The largest absolute Gasteiger partial charge is 0.310 e. The van der Waals surface area contributed by atoms with Gasteiger partial charge in [0.15, 0.2) is 0 Å². The number of hydrogen-bond donors (Lipinski definition) is 1. The number of hydrogen-bond acceptors (Lipinski definition) is 1. The van der Waals surface area contributed by atoms with Crippen molar-refractivity contribution in [2.45, 2.75) is 71.3 Å². The van der Waals surface area contributed by atoms with Crippen molar-refractivity contribution < 1.29 is 0 Å². The Balaban J connectivity index is 2.36. The fourth-order valence-electron chi connectivity index (χ4n) is 2.50. The van der Waals surface area contributed by atoms with Crippen LogP contribution in [-0.2, 0) is 0 Å². The molecule has 0 amide bonds. The average Bonchev–Trinajstić information content (AvgIpc) is 2.46. The van der Waals surface area contributed by atoms with E-state index in [2.05, 4.69) is 49.5 Å². The molecule has 1 atom stereocenters. The van der Waals surface area contributed by atoms with Gasteiger partial charge in [-0.15, -0.1) is 0 Å². The van der Waals surface area contributed by atoms with Crippen molar-refractivity contribution in [2.75, 3.05) is 6.54 Å². The van der Waals surface area contributed by atoms with Crippen LogP contribution in [0.3, 0.4) is 0 Å². The monoisotopic (exact) mass is 261 g/mol. The van der Waals surface area contributed by atoms with Crippen molar-refractivity contribution in [1.29, 1.82) is 0 Å². The van der Waals surface area contributed by atoms with Crippen LogP contribution in [0.25, 0.3) is 0 Å². The summed E-state index contributed by atoms with van der Waals surface area (Å²) >= 11 is 0. The maximum atomic E-state index is 3.75. The van der Waals surface area contributed by atoms with Gasteiger partial charge in [0.05, 0.1) is 0 Å². The maximum absolute atomic E-state index is 3.75. The lowest BCUT2D eigenvalue weighted by Gasteiger charge is -2.19. The molecule has 0 radical (unpaired) electrons. The van der Waals surface area contributed by atoms with E-state index in [-0.39, 0.29) is 0 Å². The minimum Gasteiger partial charge on any atom is -0.310 e. The first-order valence-corrected chi connectivity index (χ1v) is 8.16. The molecule has 0 aliphatic carbocycles. The first-order chi connectivity index (χ1) is 9.38. The Labute approximate surface area is 119 Å². The molecule has 0 aliphatic heterocycles. The predicted octanol–water partition coefficient (Wildman–Crippen LogP) is 5.48. The van der Waals surface area contributed by atoms with Crippen molar-refractivity contribution in [3.05, 3.63) is 35.9 Å². The zero-order chi connectivity index (χ0) is 13.8. The van der Waals surface area contributed by atoms with Crippen LogP contribution in [0.1, 0.15) is 76.8 Å². The highest BCUT2D eigenvalue weighted by Gasteiger charge is 2.09. The van der Waals surface area contributed by atoms with Gasteiger partial charge >= 0.3 is 0 Å². The van der Waals surface area contributed by atoms with E-state index in [0.29, 0.717) is 6.04 Å². The van der Waals surface area contributed by atoms with Crippen LogP contribution in [0.4, 0.5) is 0 Å². The molecule has 0 heterocycles. The van der Waals surface area contributed by atoms with Crippen LogP contribution in [0.15, 0.2) is 30.3 Å². The van der Waals surface area contributed by atoms with Gasteiger partial charge < -0.3 is 5.32 Å². The molecule has 0 fully saturated rings. The van der Waals surface area contributed by atoms with Gasteiger partial charge in [-0.3, -0.25) is 0 Å². The van der Waals surface area contributed by atoms with Gasteiger partial charge in [0.25, 0.3) is 0 Å². The fraction of sp³-hybridized carbons (Fsp3) is 0.667. The summed E-state index contributed by atoms with van der Waals surface area (Å²) in [6.45, 7) is 5.70. The zero-order valence-corrected chi connectivity index (χ0v) is 12.8. The lowest BCUT2D eigenvalue weighted by Crippen LogP contribution is -2.22. The lowest BCUT2D eigenvalue weighted by molar-refractivity contribution is 0.462. The Morgan fingerprint density at radius 1 is 0.842 bits per heavy atom. The summed E-state index contributed by atoms with van der Waals surface area (Å²) in [6, 6.07) is 11.5. The highest BCUT2D eigenvalue weighted by molar-refractivity contribution is 5.18. The first kappa shape index (κ1) is 16.2. The molecular formula is C18H31N. The second-order valence-electron chi connectivity index (χ2n) is 5.47. The Morgan fingerprint density at radius 3 is 2.21 bits per heavy atom. The van der Waals surface area contributed by atoms with Crippen LogP contribution in [0.2, 0.25) is 0 Å². The van der Waals surface area contributed by atoms with Gasteiger partial charge in [-0.25, -0.2) is 0 Å². The quantitative estimate of drug-likeness (QED) is 0.520. The topological polar surface area (TPSA) is 12.0 Å². The molecule has 0 bridgehead atoms. The Morgan fingerprint density at radius 2 is 1.53 bits per heavy atom. The highest BCUT2D eigenvalue weighted by atomic mass is 14.9. The molecule has 1 nitrogen and oxygen atoms in total. The smallest absolute Gasteiger partial charge is 0.0320 e. The van der Waals surface area contributed by atoms with Crippen LogP contribution in [0.5, 0.6) is 0 Å². The summed E-state index contributed by atoms with van der Waals surface area (Å²) < 4.78 is 0. The van der Waals surface area contributed by atoms with E-state index in [9.17, 15) is 0 Å². The molecule has 0 saturated carbocycles. The molecule has 19 heavy (non-hydrogen) atoms. The van der Waals surface area contributed by atoms with Crippen molar-refractivity contribution >= 4 is 0 Å². The fourth-order valence-corrected chi connectivity index (χ4v) is 2.50. The Hall–Kier alpha value is -0.820. The molecular weight excluding hydrogens is 230 g/mol. The third-order valence-corrected chi connectivity index (χ3v) is 3.72. The summed E-state index contributed by atoms with van der Waals surface area (Å²) in [7, 11) is 0. The molecule has 108 valence electrons. The summed E-state index contributed by atoms with van der Waals surface area (Å²) in [5.41, 5.74) is 1.45. The normalized spacial score (nSPS) is 12.5. The van der Waals surface area contributed by atoms with Gasteiger partial charge in [0.2, 0.25) is 0 Å². The first-order valence-electron chi connectivity index (χ1n) is 8.16. The van der Waals surface area contributed by atoms with E-state index >= 15 is 0 Å². The van der Waals surface area contributed by atoms with E-state index in [1.807, 2.05) is 0 Å². The van der Waals surface area contributed by atoms with Gasteiger partial charge in [-0.05, 0) is 24.9 Å². The molecule has 0 aromatic heterocycles. The summed E-state index contributed by atoms with van der Waals surface area (Å²) in [5.74, 6) is 0. The van der Waals surface area contributed by atoms with Crippen LogP contribution in [-0.4, -0.2) is 6.54 Å². The molecule has 0 aliphatic rings. The van der Waals surface area contributed by atoms with Crippen molar-refractivity contribution in [3.8, 4) is 0 Å². The molecule has 1 aromatic rings. The van der Waals surface area contributed by atoms with Gasteiger partial charge in [0.1, 0.15) is 0 Å². The zero-order valence-electron chi connectivity index (χ0n) is 12.8. The number of unbranched alkanes of at least 4 members (excludes halogenated alkanes) is 5. The maximum Gasteiger partial charge on any atom is 0.0320 e. The second-order valence-corrected chi connectivity index (χ2v) is 5.47. The summed E-state index contributed by atoms with van der Waals surface area (Å²) in [5, 5.41) is 3.75. The highest BCUT2D eigenvalue weighted by Crippen LogP contribution is 2.19. The minimum absolute atomic E-state index is 0.550. The SMILES string of the molecule is CCCCCCNC(CCCCC)c1ccccc1. The molecule has 1 aromatic carbocycles. The Bertz CT molecular complexity index is 294. The standard InChI is InChI=1S/C18H31N/c1-3-5-7-12-16-19-18(15-9-6-4-2)17-13-10-8-11-14-17/h8,10-11,13-14,18-19H,3-7,9,12,15-16H2,1-2H3. The van der Waals surface area contributed by atoms with E-state index in [0.717, 1.165) is 6.54 Å². The number of benzene rings is 1. The van der Waals surface area contributed by atoms with Crippen LogP contribution in [0, 0.1) is 0 Å². The summed E-state index contributed by atoms with van der Waals surface area (Å²) in [6.07, 6.45) is 10.6. The average molecular weight is 261 g/mol. The van der Waals surface area contributed by atoms with Crippen molar-refractivity contribution in [3.63, 3.8) is 0 Å². The molecule has 1 rings (SSSR count). The number of nitrogens with one attached hydrogen (secondary N) is 1. The molecule has 0 spiro atoms. The third-order valence-electron chi connectivity index (χ3n) is 3.72. The van der Waals surface area contributed by atoms with E-state index in [1.165, 1.54) is 56.9 Å². The van der Waals surface area contributed by atoms with Crippen LogP contribution >= 0.6 is 0 Å². The molecule has 0 saturated heterocycles. The number of rotatable bonds is 11. The summed E-state index contributed by atoms with van der Waals surface area (Å²) in [4.78, 5) is 0. The van der Waals surface area contributed by atoms with Crippen molar-refractivity contribution in [1.82, 2.24) is 5.32 Å². The second kappa shape index (κ2) is 11.0. The van der Waals surface area contributed by atoms with E-state index in [4.69, 9.17) is 0 Å². The Kier molecular flexibility index (Phi) is 9.44. The molecule has 1 N–H and O–H groups in total. The minimum atomic E-state index is 0.550.